The maximum atomic E-state index is 14.0. The molecule has 8 nitrogen and oxygen atoms in total. The predicted octanol–water partition coefficient (Wildman–Crippen LogP) is 4.82. The molecule has 39 heavy (non-hydrogen) atoms. The molecule has 0 fully saturated rings. The summed E-state index contributed by atoms with van der Waals surface area (Å²) in [7, 11) is -2.69. The first kappa shape index (κ1) is 30.2. The number of ether oxygens (including phenoxy) is 1. The van der Waals surface area contributed by atoms with Gasteiger partial charge in [-0.2, -0.15) is 0 Å². The molecule has 0 aliphatic heterocycles. The summed E-state index contributed by atoms with van der Waals surface area (Å²) in [4.78, 5) is 28.2. The van der Waals surface area contributed by atoms with Crippen molar-refractivity contribution in [1.82, 2.24) is 10.2 Å². The van der Waals surface area contributed by atoms with E-state index in [1.54, 1.807) is 44.2 Å². The van der Waals surface area contributed by atoms with Gasteiger partial charge in [0.1, 0.15) is 18.3 Å². The van der Waals surface area contributed by atoms with Crippen molar-refractivity contribution in [3.8, 4) is 5.75 Å². The third kappa shape index (κ3) is 7.19. The Morgan fingerprint density at radius 1 is 1.03 bits per heavy atom. The normalized spacial score (nSPS) is 11.9. The van der Waals surface area contributed by atoms with Crippen LogP contribution in [0.1, 0.15) is 30.5 Å². The first-order chi connectivity index (χ1) is 18.5. The molecular weight excluding hydrogens is 582 g/mol. The number of methoxy groups -OCH3 is 1. The summed E-state index contributed by atoms with van der Waals surface area (Å²) in [6, 6.07) is 18.1. The van der Waals surface area contributed by atoms with Crippen molar-refractivity contribution in [3.63, 3.8) is 0 Å². The van der Waals surface area contributed by atoms with E-state index in [9.17, 15) is 18.0 Å². The molecule has 3 rings (SSSR count). The highest BCUT2D eigenvalue weighted by Crippen LogP contribution is 2.31. The van der Waals surface area contributed by atoms with Gasteiger partial charge in [0.05, 0.1) is 22.2 Å². The van der Waals surface area contributed by atoms with Gasteiger partial charge in [-0.1, -0.05) is 42.0 Å². The van der Waals surface area contributed by atoms with Crippen LogP contribution in [0.5, 0.6) is 5.75 Å². The first-order valence-electron chi connectivity index (χ1n) is 12.5. The zero-order valence-electron chi connectivity index (χ0n) is 22.8. The van der Waals surface area contributed by atoms with Gasteiger partial charge in [0.2, 0.25) is 11.8 Å². The second kappa shape index (κ2) is 13.1. The van der Waals surface area contributed by atoms with Gasteiger partial charge in [-0.05, 0) is 85.1 Å². The Hall–Kier alpha value is -3.37. The molecule has 0 aromatic heterocycles. The summed E-state index contributed by atoms with van der Waals surface area (Å²) >= 11 is 3.35. The minimum Gasteiger partial charge on any atom is -0.496 e. The van der Waals surface area contributed by atoms with Crippen molar-refractivity contribution in [1.29, 1.82) is 0 Å². The minimum atomic E-state index is -4.18. The van der Waals surface area contributed by atoms with Crippen LogP contribution < -0.4 is 14.4 Å². The largest absolute Gasteiger partial charge is 0.496 e. The van der Waals surface area contributed by atoms with Crippen LogP contribution in [0.25, 0.3) is 0 Å². The Labute approximate surface area is 239 Å². The number of hydrogen-bond acceptors (Lipinski definition) is 5. The van der Waals surface area contributed by atoms with E-state index in [0.29, 0.717) is 22.5 Å². The number of rotatable bonds is 11. The van der Waals surface area contributed by atoms with Crippen LogP contribution in [0, 0.1) is 13.8 Å². The van der Waals surface area contributed by atoms with Crippen LogP contribution in [0.15, 0.2) is 76.1 Å². The number of halogens is 1. The summed E-state index contributed by atoms with van der Waals surface area (Å²) in [5.41, 5.74) is 3.11. The molecule has 0 bridgehead atoms. The maximum absolute atomic E-state index is 14.0. The second-order valence-corrected chi connectivity index (χ2v) is 11.9. The number of benzene rings is 3. The van der Waals surface area contributed by atoms with Gasteiger partial charge in [-0.3, -0.25) is 13.9 Å². The molecule has 1 atom stereocenters. The lowest BCUT2D eigenvalue weighted by atomic mass is 10.1. The van der Waals surface area contributed by atoms with Gasteiger partial charge in [0.15, 0.2) is 0 Å². The Morgan fingerprint density at radius 2 is 1.69 bits per heavy atom. The third-order valence-electron chi connectivity index (χ3n) is 6.43. The minimum absolute atomic E-state index is 0.00854. The number of carbonyl (C=O) groups is 2. The number of nitrogens with zero attached hydrogens (tertiary/aromatic N) is 2. The average molecular weight is 617 g/mol. The molecule has 0 radical (unpaired) electrons. The smallest absolute Gasteiger partial charge is 0.264 e. The number of nitrogens with one attached hydrogen (secondary N) is 1. The van der Waals surface area contributed by atoms with Crippen LogP contribution in [0.2, 0.25) is 0 Å². The quantitative estimate of drug-likeness (QED) is 0.333. The van der Waals surface area contributed by atoms with Gasteiger partial charge in [0, 0.05) is 13.1 Å². The fraction of sp³-hybridized carbons (Fsp3) is 0.310. The van der Waals surface area contributed by atoms with E-state index in [4.69, 9.17) is 4.74 Å². The van der Waals surface area contributed by atoms with Crippen molar-refractivity contribution in [3.05, 3.63) is 87.9 Å². The Kier molecular flexibility index (Phi) is 10.2. The molecule has 0 heterocycles. The topological polar surface area (TPSA) is 96.0 Å². The van der Waals surface area contributed by atoms with Crippen molar-refractivity contribution in [2.45, 2.75) is 45.2 Å². The summed E-state index contributed by atoms with van der Waals surface area (Å²) in [5, 5.41) is 2.76. The third-order valence-corrected chi connectivity index (χ3v) is 8.82. The summed E-state index contributed by atoms with van der Waals surface area (Å²) in [6.07, 6.45) is 0. The number of anilines is 1. The lowest BCUT2D eigenvalue weighted by Crippen LogP contribution is -2.51. The Balaban J connectivity index is 2.06. The molecule has 0 saturated heterocycles. The Morgan fingerprint density at radius 3 is 2.28 bits per heavy atom. The maximum Gasteiger partial charge on any atom is 0.264 e. The molecule has 208 valence electrons. The fourth-order valence-corrected chi connectivity index (χ4v) is 6.18. The zero-order chi connectivity index (χ0) is 28.7. The molecule has 2 amide bonds. The van der Waals surface area contributed by atoms with E-state index in [0.717, 1.165) is 21.0 Å². The van der Waals surface area contributed by atoms with Crippen molar-refractivity contribution in [2.75, 3.05) is 24.5 Å². The van der Waals surface area contributed by atoms with Gasteiger partial charge >= 0.3 is 0 Å². The van der Waals surface area contributed by atoms with Gasteiger partial charge in [-0.15, -0.1) is 0 Å². The van der Waals surface area contributed by atoms with Crippen LogP contribution in [-0.4, -0.2) is 51.4 Å². The van der Waals surface area contributed by atoms with E-state index in [2.05, 4.69) is 21.2 Å². The highest BCUT2D eigenvalue weighted by atomic mass is 79.9. The zero-order valence-corrected chi connectivity index (χ0v) is 25.2. The molecule has 3 aromatic rings. The predicted molar refractivity (Wildman–Crippen MR) is 156 cm³/mol. The second-order valence-electron chi connectivity index (χ2n) is 9.16. The lowest BCUT2D eigenvalue weighted by molar-refractivity contribution is -0.139. The van der Waals surface area contributed by atoms with E-state index in [1.807, 2.05) is 38.1 Å². The van der Waals surface area contributed by atoms with Gasteiger partial charge < -0.3 is 15.0 Å². The number of amides is 2. The molecule has 1 N–H and O–H groups in total. The highest BCUT2D eigenvalue weighted by Gasteiger charge is 2.33. The van der Waals surface area contributed by atoms with E-state index >= 15 is 0 Å². The van der Waals surface area contributed by atoms with Crippen LogP contribution in [-0.2, 0) is 26.2 Å². The van der Waals surface area contributed by atoms with Crippen molar-refractivity contribution in [2.24, 2.45) is 0 Å². The number of likely N-dealkylation sites (N-methyl/N-ethyl adjacent to an activating group) is 1. The number of aryl methyl sites for hydroxylation is 2. The van der Waals surface area contributed by atoms with Gasteiger partial charge in [-0.25, -0.2) is 8.42 Å². The summed E-state index contributed by atoms with van der Waals surface area (Å²) in [5.74, 6) is -0.343. The van der Waals surface area contributed by atoms with Crippen LogP contribution >= 0.6 is 15.9 Å². The molecule has 3 aromatic carbocycles. The van der Waals surface area contributed by atoms with Crippen LogP contribution in [0.4, 0.5) is 5.69 Å². The molecule has 1 unspecified atom stereocenters. The van der Waals surface area contributed by atoms with E-state index in [1.165, 1.54) is 24.1 Å². The lowest BCUT2D eigenvalue weighted by Gasteiger charge is -2.32. The Bertz CT molecular complexity index is 1430. The summed E-state index contributed by atoms with van der Waals surface area (Å²) < 4.78 is 34.7. The van der Waals surface area contributed by atoms with E-state index < -0.39 is 28.5 Å². The summed E-state index contributed by atoms with van der Waals surface area (Å²) in [6.45, 7) is 7.34. The molecule has 10 heteroatoms. The molecule has 0 saturated carbocycles. The standard InChI is InChI=1S/C29H34BrN3O5S/c1-6-31-29(35)22(4)32(18-23-10-8-7-9-21(23)3)28(34)19-33(24-13-11-20(2)12-14-24)39(36,37)25-15-16-27(38-5)26(30)17-25/h7-17,22H,6,18-19H2,1-5H3,(H,31,35). The van der Waals surface area contributed by atoms with Crippen LogP contribution in [0.3, 0.4) is 0 Å². The first-order valence-corrected chi connectivity index (χ1v) is 14.8. The molecular formula is C29H34BrN3O5S. The van der Waals surface area contributed by atoms with Gasteiger partial charge in [0.25, 0.3) is 10.0 Å². The molecule has 0 aliphatic rings. The van der Waals surface area contributed by atoms with Crippen molar-refractivity contribution >= 4 is 43.5 Å². The van der Waals surface area contributed by atoms with Crippen molar-refractivity contribution < 1.29 is 22.7 Å². The SMILES string of the molecule is CCNC(=O)C(C)N(Cc1ccccc1C)C(=O)CN(c1ccc(C)cc1)S(=O)(=O)c1ccc(OC)c(Br)c1. The number of sulfonamides is 1. The number of hydrogen-bond donors (Lipinski definition) is 1. The monoisotopic (exact) mass is 615 g/mol. The fourth-order valence-electron chi connectivity index (χ4n) is 4.05. The number of carbonyl (C=O) groups excluding carboxylic acids is 2. The average Bonchev–Trinajstić information content (AvgIpc) is 2.91. The molecule has 0 aliphatic carbocycles. The van der Waals surface area contributed by atoms with E-state index in [-0.39, 0.29) is 17.3 Å². The highest BCUT2D eigenvalue weighted by molar-refractivity contribution is 9.10. The molecule has 0 spiro atoms.